The van der Waals surface area contributed by atoms with Gasteiger partial charge in [0.15, 0.2) is 0 Å². The van der Waals surface area contributed by atoms with Gasteiger partial charge in [0.25, 0.3) is 0 Å². The Balaban J connectivity index is 1.86. The molecule has 0 amide bonds. The molecule has 3 heterocycles. The summed E-state index contributed by atoms with van der Waals surface area (Å²) in [5, 5.41) is 16.2. The minimum Gasteiger partial charge on any atom is -0.480 e. The number of methoxy groups -OCH3 is 1. The number of pyridine rings is 1. The number of aryl methyl sites for hydroxylation is 2. The van der Waals surface area contributed by atoms with E-state index in [1.54, 1.807) is 0 Å². The van der Waals surface area contributed by atoms with Gasteiger partial charge in [-0.2, -0.15) is 0 Å². The van der Waals surface area contributed by atoms with E-state index in [1.165, 1.54) is 13.2 Å². The smallest absolute Gasteiger partial charge is 0.242 e. The molecule has 1 aromatic carbocycles. The summed E-state index contributed by atoms with van der Waals surface area (Å²) in [7, 11) is 1.53. The molecule has 0 saturated heterocycles. The fraction of sp³-hybridized carbons (Fsp3) is 0.500. The summed E-state index contributed by atoms with van der Waals surface area (Å²) in [4.78, 5) is 4.45. The predicted octanol–water partition coefficient (Wildman–Crippen LogP) is 4.90. The van der Waals surface area contributed by atoms with Gasteiger partial charge in [-0.3, -0.25) is 4.68 Å². The third-order valence-electron chi connectivity index (χ3n) is 6.10. The maximum absolute atomic E-state index is 15.0. The quantitative estimate of drug-likeness (QED) is 0.600. The van der Waals surface area contributed by atoms with Crippen LogP contribution in [0.25, 0.3) is 10.9 Å². The Labute approximate surface area is 182 Å². The van der Waals surface area contributed by atoms with Crippen molar-refractivity contribution in [1.82, 2.24) is 14.8 Å². The summed E-state index contributed by atoms with van der Waals surface area (Å²) in [6.07, 6.45) is 1.56. The van der Waals surface area contributed by atoms with Gasteiger partial charge in [-0.15, -0.1) is 5.10 Å². The molecule has 1 aliphatic heterocycles. The number of hydrogen-bond donors (Lipinski definition) is 1. The largest absolute Gasteiger partial charge is 0.480 e. The van der Waals surface area contributed by atoms with Gasteiger partial charge in [-0.1, -0.05) is 20.8 Å². The Kier molecular flexibility index (Phi) is 5.41. The molecule has 2 aromatic heterocycles. The van der Waals surface area contributed by atoms with Gasteiger partial charge in [0.1, 0.15) is 22.6 Å². The van der Waals surface area contributed by atoms with Gasteiger partial charge in [0, 0.05) is 23.2 Å². The first-order valence-electron chi connectivity index (χ1n) is 10.7. The van der Waals surface area contributed by atoms with Crippen LogP contribution < -0.4 is 9.47 Å². The van der Waals surface area contributed by atoms with Crippen LogP contribution in [0.4, 0.5) is 4.39 Å². The number of halogens is 1. The fourth-order valence-electron chi connectivity index (χ4n) is 4.15. The zero-order valence-corrected chi connectivity index (χ0v) is 19.0. The lowest BCUT2D eigenvalue weighted by molar-refractivity contribution is -0.0212. The maximum Gasteiger partial charge on any atom is 0.242 e. The Bertz CT molecular complexity index is 1150. The van der Waals surface area contributed by atoms with Crippen molar-refractivity contribution in [2.24, 2.45) is 0 Å². The van der Waals surface area contributed by atoms with Crippen molar-refractivity contribution in [3.05, 3.63) is 46.0 Å². The summed E-state index contributed by atoms with van der Waals surface area (Å²) >= 11 is 0. The third kappa shape index (κ3) is 3.76. The molecule has 0 saturated carbocycles. The van der Waals surface area contributed by atoms with E-state index in [4.69, 9.17) is 9.47 Å². The van der Waals surface area contributed by atoms with E-state index in [1.807, 2.05) is 45.4 Å². The Morgan fingerprint density at radius 1 is 1.19 bits per heavy atom. The standard InChI is InChI=1S/C24H30FN3O3/c1-13-14(2)26-20-16(11-15(12-17(20)25)24(3,4)5)21(13)31-23(29)19-18-9-7-8-10-28(18)27-22(19)30-6/h11-12,23,29H,7-10H2,1-6H3. The molecular formula is C24H30FN3O3. The van der Waals surface area contributed by atoms with E-state index in [9.17, 15) is 5.11 Å². The summed E-state index contributed by atoms with van der Waals surface area (Å²) in [5.41, 5.74) is 3.70. The average molecular weight is 428 g/mol. The topological polar surface area (TPSA) is 69.4 Å². The van der Waals surface area contributed by atoms with E-state index in [0.717, 1.165) is 42.6 Å². The van der Waals surface area contributed by atoms with E-state index < -0.39 is 12.1 Å². The van der Waals surface area contributed by atoms with Crippen LogP contribution >= 0.6 is 0 Å². The highest BCUT2D eigenvalue weighted by atomic mass is 19.1. The van der Waals surface area contributed by atoms with E-state index >= 15 is 4.39 Å². The molecule has 0 radical (unpaired) electrons. The first-order valence-corrected chi connectivity index (χ1v) is 10.7. The van der Waals surface area contributed by atoms with E-state index in [-0.39, 0.29) is 10.9 Å². The first kappa shape index (κ1) is 21.6. The first-order chi connectivity index (χ1) is 14.6. The van der Waals surface area contributed by atoms with Gasteiger partial charge >= 0.3 is 0 Å². The molecule has 0 bridgehead atoms. The fourth-order valence-corrected chi connectivity index (χ4v) is 4.15. The maximum atomic E-state index is 15.0. The zero-order valence-electron chi connectivity index (χ0n) is 19.0. The molecule has 31 heavy (non-hydrogen) atoms. The normalized spacial score (nSPS) is 15.1. The lowest BCUT2D eigenvalue weighted by Crippen LogP contribution is -2.16. The molecule has 1 N–H and O–H groups in total. The molecule has 166 valence electrons. The highest BCUT2D eigenvalue weighted by molar-refractivity contribution is 5.88. The minimum atomic E-state index is -1.29. The molecule has 0 spiro atoms. The second-order valence-electron chi connectivity index (χ2n) is 9.28. The van der Waals surface area contributed by atoms with Crippen molar-refractivity contribution in [3.63, 3.8) is 0 Å². The van der Waals surface area contributed by atoms with Crippen molar-refractivity contribution >= 4 is 10.9 Å². The van der Waals surface area contributed by atoms with Crippen LogP contribution in [0.3, 0.4) is 0 Å². The van der Waals surface area contributed by atoms with Crippen LogP contribution in [-0.4, -0.2) is 27.0 Å². The third-order valence-corrected chi connectivity index (χ3v) is 6.10. The zero-order chi connectivity index (χ0) is 22.5. The predicted molar refractivity (Wildman–Crippen MR) is 117 cm³/mol. The number of fused-ring (bicyclic) bond motifs is 2. The summed E-state index contributed by atoms with van der Waals surface area (Å²) in [6.45, 7) is 10.6. The number of nitrogens with zero attached hydrogens (tertiary/aromatic N) is 3. The van der Waals surface area contributed by atoms with Crippen LogP contribution in [0.15, 0.2) is 12.1 Å². The molecule has 4 rings (SSSR count). The Morgan fingerprint density at radius 3 is 2.61 bits per heavy atom. The highest BCUT2D eigenvalue weighted by Crippen LogP contribution is 2.39. The second-order valence-corrected chi connectivity index (χ2v) is 9.28. The number of aliphatic hydroxyl groups is 1. The van der Waals surface area contributed by atoms with Crippen LogP contribution in [-0.2, 0) is 18.4 Å². The Hall–Kier alpha value is -2.67. The molecule has 3 aromatic rings. The molecule has 1 unspecified atom stereocenters. The van der Waals surface area contributed by atoms with Crippen molar-refractivity contribution in [1.29, 1.82) is 0 Å². The number of rotatable bonds is 4. The van der Waals surface area contributed by atoms with Crippen molar-refractivity contribution in [3.8, 4) is 11.6 Å². The van der Waals surface area contributed by atoms with Crippen LogP contribution in [0, 0.1) is 19.7 Å². The number of ether oxygens (including phenoxy) is 2. The van der Waals surface area contributed by atoms with Crippen LogP contribution in [0.2, 0.25) is 0 Å². The molecule has 7 heteroatoms. The highest BCUT2D eigenvalue weighted by Gasteiger charge is 2.29. The van der Waals surface area contributed by atoms with Gasteiger partial charge in [-0.05, 0) is 56.2 Å². The van der Waals surface area contributed by atoms with Crippen LogP contribution in [0.1, 0.15) is 68.0 Å². The van der Waals surface area contributed by atoms with E-state index in [2.05, 4.69) is 10.1 Å². The lowest BCUT2D eigenvalue weighted by atomic mass is 9.86. The SMILES string of the molecule is COc1nn2c(c1C(O)Oc1c(C)c(C)nc3c(F)cc(C(C)(C)C)cc13)CCCC2. The molecular weight excluding hydrogens is 397 g/mol. The average Bonchev–Trinajstić information content (AvgIpc) is 3.10. The molecule has 1 aliphatic rings. The van der Waals surface area contributed by atoms with Crippen LogP contribution in [0.5, 0.6) is 11.6 Å². The lowest BCUT2D eigenvalue weighted by Gasteiger charge is -2.23. The van der Waals surface area contributed by atoms with E-state index in [0.29, 0.717) is 28.3 Å². The van der Waals surface area contributed by atoms with Gasteiger partial charge in [-0.25, -0.2) is 9.37 Å². The second kappa shape index (κ2) is 7.79. The van der Waals surface area contributed by atoms with Gasteiger partial charge in [0.05, 0.1) is 12.8 Å². The molecule has 0 aliphatic carbocycles. The molecule has 6 nitrogen and oxygen atoms in total. The van der Waals surface area contributed by atoms with Crippen molar-refractivity contribution < 1.29 is 19.0 Å². The number of aromatic nitrogens is 3. The van der Waals surface area contributed by atoms with Gasteiger partial charge < -0.3 is 14.6 Å². The molecule has 1 atom stereocenters. The summed E-state index contributed by atoms with van der Waals surface area (Å²) in [6, 6.07) is 3.44. The number of aliphatic hydroxyl groups excluding tert-OH is 1. The molecule has 0 fully saturated rings. The monoisotopic (exact) mass is 427 g/mol. The van der Waals surface area contributed by atoms with Gasteiger partial charge in [0.2, 0.25) is 12.2 Å². The van der Waals surface area contributed by atoms with Crippen molar-refractivity contribution in [2.45, 2.75) is 72.1 Å². The number of benzene rings is 1. The summed E-state index contributed by atoms with van der Waals surface area (Å²) < 4.78 is 28.5. The minimum absolute atomic E-state index is 0.238. The number of hydrogen-bond acceptors (Lipinski definition) is 5. The summed E-state index contributed by atoms with van der Waals surface area (Å²) in [5.74, 6) is 0.391. The van der Waals surface area contributed by atoms with Crippen molar-refractivity contribution in [2.75, 3.05) is 7.11 Å². The Morgan fingerprint density at radius 2 is 1.94 bits per heavy atom.